The van der Waals surface area contributed by atoms with Crippen LogP contribution in [-0.4, -0.2) is 26.7 Å². The summed E-state index contributed by atoms with van der Waals surface area (Å²) in [6, 6.07) is 6.05. The molecule has 140 valence electrons. The SMILES string of the molecule is C=O.C=O.CC.CC.CCC1(c2ccc(Cl)c(Cl)c2)CCCNC1. The number of carbonyl (C=O) groups excluding carboxylic acids is 2. The summed E-state index contributed by atoms with van der Waals surface area (Å²) >= 11 is 12.1. The molecule has 1 fully saturated rings. The second kappa shape index (κ2) is 18.4. The van der Waals surface area contributed by atoms with E-state index >= 15 is 0 Å². The number of halogens is 2. The maximum absolute atomic E-state index is 8.00. The van der Waals surface area contributed by atoms with Crippen molar-refractivity contribution in [2.75, 3.05) is 13.1 Å². The van der Waals surface area contributed by atoms with Crippen molar-refractivity contribution in [1.29, 1.82) is 0 Å². The Morgan fingerprint density at radius 2 is 1.58 bits per heavy atom. The Bertz CT molecular complexity index is 406. The normalized spacial score (nSPS) is 18.0. The molecule has 2 rings (SSSR count). The molecule has 0 bridgehead atoms. The summed E-state index contributed by atoms with van der Waals surface area (Å²) in [5, 5.41) is 4.79. The monoisotopic (exact) mass is 377 g/mol. The fourth-order valence-corrected chi connectivity index (χ4v) is 2.84. The van der Waals surface area contributed by atoms with Gasteiger partial charge in [0.1, 0.15) is 13.6 Å². The molecule has 0 amide bonds. The van der Waals surface area contributed by atoms with Gasteiger partial charge in [0.15, 0.2) is 0 Å². The highest BCUT2D eigenvalue weighted by atomic mass is 35.5. The number of rotatable bonds is 2. The molecule has 0 spiro atoms. The van der Waals surface area contributed by atoms with Gasteiger partial charge in [-0.05, 0) is 43.5 Å². The lowest BCUT2D eigenvalue weighted by Crippen LogP contribution is -2.42. The minimum absolute atomic E-state index is 0.243. The van der Waals surface area contributed by atoms with Crippen LogP contribution in [0.3, 0.4) is 0 Å². The van der Waals surface area contributed by atoms with Crippen LogP contribution in [0.15, 0.2) is 18.2 Å². The van der Waals surface area contributed by atoms with Gasteiger partial charge in [-0.3, -0.25) is 0 Å². The van der Waals surface area contributed by atoms with E-state index in [0.717, 1.165) is 19.5 Å². The molecule has 1 heterocycles. The van der Waals surface area contributed by atoms with Crippen LogP contribution < -0.4 is 5.32 Å². The molecule has 1 aliphatic heterocycles. The molecule has 0 aliphatic carbocycles. The van der Waals surface area contributed by atoms with Crippen LogP contribution in [0.5, 0.6) is 0 Å². The molecule has 0 aromatic heterocycles. The summed E-state index contributed by atoms with van der Waals surface area (Å²) in [7, 11) is 0. The zero-order valence-electron chi connectivity index (χ0n) is 15.8. The predicted octanol–water partition coefficient (Wildman–Crippen LogP) is 5.71. The lowest BCUT2D eigenvalue weighted by molar-refractivity contribution is -0.0987. The maximum atomic E-state index is 8.00. The standard InChI is InChI=1S/C13H17Cl2N.2C2H6.2CH2O/c1-2-13(6-3-7-16-9-13)10-4-5-11(14)12(15)8-10;4*1-2/h4-5,8,16H,2-3,6-7,9H2,1H3;2*1-2H3;2*1H2. The van der Waals surface area contributed by atoms with E-state index < -0.39 is 0 Å². The molecule has 1 aromatic carbocycles. The largest absolute Gasteiger partial charge is 0.316 e. The Morgan fingerprint density at radius 3 is 1.96 bits per heavy atom. The van der Waals surface area contributed by atoms with Crippen LogP contribution in [0.25, 0.3) is 0 Å². The van der Waals surface area contributed by atoms with Crippen LogP contribution >= 0.6 is 23.2 Å². The molecular formula is C19H33Cl2NO2. The van der Waals surface area contributed by atoms with E-state index in [1.54, 1.807) is 0 Å². The van der Waals surface area contributed by atoms with E-state index in [9.17, 15) is 0 Å². The van der Waals surface area contributed by atoms with Gasteiger partial charge in [-0.1, -0.05) is 63.9 Å². The summed E-state index contributed by atoms with van der Waals surface area (Å²) in [5.74, 6) is 0. The fraction of sp³-hybridized carbons (Fsp3) is 0.579. The van der Waals surface area contributed by atoms with E-state index in [1.165, 1.54) is 18.4 Å². The minimum Gasteiger partial charge on any atom is -0.316 e. The smallest absolute Gasteiger partial charge is 0.106 e. The highest BCUT2D eigenvalue weighted by molar-refractivity contribution is 6.42. The van der Waals surface area contributed by atoms with E-state index in [2.05, 4.69) is 18.3 Å². The van der Waals surface area contributed by atoms with Crippen molar-refractivity contribution in [2.45, 2.75) is 59.3 Å². The number of piperidine rings is 1. The van der Waals surface area contributed by atoms with Crippen molar-refractivity contribution in [2.24, 2.45) is 0 Å². The molecule has 1 N–H and O–H groups in total. The lowest BCUT2D eigenvalue weighted by atomic mass is 9.73. The van der Waals surface area contributed by atoms with Crippen molar-refractivity contribution < 1.29 is 9.59 Å². The Hall–Kier alpha value is -0.900. The topological polar surface area (TPSA) is 46.2 Å². The van der Waals surface area contributed by atoms with Crippen LogP contribution in [0, 0.1) is 0 Å². The third-order valence-corrected chi connectivity index (χ3v) is 4.42. The summed E-state index contributed by atoms with van der Waals surface area (Å²) in [4.78, 5) is 16.0. The number of carbonyl (C=O) groups is 2. The van der Waals surface area contributed by atoms with Crippen molar-refractivity contribution in [3.63, 3.8) is 0 Å². The first-order chi connectivity index (χ1) is 11.7. The van der Waals surface area contributed by atoms with Crippen LogP contribution in [0.4, 0.5) is 0 Å². The number of hydrogen-bond donors (Lipinski definition) is 1. The molecule has 24 heavy (non-hydrogen) atoms. The zero-order chi connectivity index (χ0) is 19.6. The maximum Gasteiger partial charge on any atom is 0.106 e. The summed E-state index contributed by atoms with van der Waals surface area (Å²) in [6.45, 7) is 16.4. The van der Waals surface area contributed by atoms with Crippen LogP contribution in [-0.2, 0) is 15.0 Å². The first-order valence-electron chi connectivity index (χ1n) is 8.42. The number of nitrogens with one attached hydrogen (secondary N) is 1. The van der Waals surface area contributed by atoms with Gasteiger partial charge in [0, 0.05) is 12.0 Å². The second-order valence-corrected chi connectivity index (χ2v) is 5.36. The third kappa shape index (κ3) is 8.81. The highest BCUT2D eigenvalue weighted by Gasteiger charge is 2.32. The van der Waals surface area contributed by atoms with Gasteiger partial charge in [-0.2, -0.15) is 0 Å². The second-order valence-electron chi connectivity index (χ2n) is 4.54. The summed E-state index contributed by atoms with van der Waals surface area (Å²) < 4.78 is 0. The van der Waals surface area contributed by atoms with Gasteiger partial charge in [0.2, 0.25) is 0 Å². The van der Waals surface area contributed by atoms with Gasteiger partial charge in [-0.15, -0.1) is 0 Å². The van der Waals surface area contributed by atoms with Gasteiger partial charge in [0.05, 0.1) is 10.0 Å². The molecule has 3 nitrogen and oxygen atoms in total. The minimum atomic E-state index is 0.243. The van der Waals surface area contributed by atoms with Crippen molar-refractivity contribution >= 4 is 36.8 Å². The average Bonchev–Trinajstić information content (AvgIpc) is 2.70. The molecule has 1 aliphatic rings. The number of benzene rings is 1. The van der Waals surface area contributed by atoms with Gasteiger partial charge in [-0.25, -0.2) is 0 Å². The molecule has 0 saturated carbocycles. The molecule has 1 atom stereocenters. The highest BCUT2D eigenvalue weighted by Crippen LogP contribution is 2.37. The van der Waals surface area contributed by atoms with Crippen LogP contribution in [0.2, 0.25) is 10.0 Å². The molecule has 1 aromatic rings. The van der Waals surface area contributed by atoms with Gasteiger partial charge >= 0.3 is 0 Å². The van der Waals surface area contributed by atoms with Crippen molar-refractivity contribution in [3.8, 4) is 0 Å². The van der Waals surface area contributed by atoms with Crippen molar-refractivity contribution in [3.05, 3.63) is 33.8 Å². The summed E-state index contributed by atoms with van der Waals surface area (Å²) in [5.41, 5.74) is 1.56. The van der Waals surface area contributed by atoms with E-state index in [1.807, 2.05) is 53.4 Å². The Morgan fingerprint density at radius 1 is 1.04 bits per heavy atom. The van der Waals surface area contributed by atoms with E-state index in [4.69, 9.17) is 32.8 Å². The first kappa shape index (κ1) is 27.9. The molecular weight excluding hydrogens is 345 g/mol. The Balaban J connectivity index is -0.000000484. The van der Waals surface area contributed by atoms with Gasteiger partial charge in [0.25, 0.3) is 0 Å². The van der Waals surface area contributed by atoms with Gasteiger partial charge < -0.3 is 14.9 Å². The lowest BCUT2D eigenvalue weighted by Gasteiger charge is -2.37. The van der Waals surface area contributed by atoms with E-state index in [-0.39, 0.29) is 5.41 Å². The molecule has 1 saturated heterocycles. The number of hydrogen-bond acceptors (Lipinski definition) is 3. The average molecular weight is 378 g/mol. The third-order valence-electron chi connectivity index (χ3n) is 3.68. The van der Waals surface area contributed by atoms with Crippen LogP contribution in [0.1, 0.15) is 59.4 Å². The molecule has 0 radical (unpaired) electrons. The quantitative estimate of drug-likeness (QED) is 0.717. The Labute approximate surface area is 158 Å². The van der Waals surface area contributed by atoms with E-state index in [0.29, 0.717) is 10.0 Å². The summed E-state index contributed by atoms with van der Waals surface area (Å²) in [6.07, 6.45) is 3.60. The van der Waals surface area contributed by atoms with Crippen molar-refractivity contribution in [1.82, 2.24) is 5.32 Å². The first-order valence-corrected chi connectivity index (χ1v) is 9.17. The molecule has 5 heteroatoms. The zero-order valence-corrected chi connectivity index (χ0v) is 17.3. The molecule has 1 unspecified atom stereocenters. The Kier molecular flexibility index (Phi) is 21.5. The predicted molar refractivity (Wildman–Crippen MR) is 107 cm³/mol. The fourth-order valence-electron chi connectivity index (χ4n) is 2.55.